The van der Waals surface area contributed by atoms with Crippen molar-refractivity contribution in [1.29, 1.82) is 0 Å². The number of carbonyl (C=O) groups is 1. The summed E-state index contributed by atoms with van der Waals surface area (Å²) in [5, 5.41) is 9.06. The van der Waals surface area contributed by atoms with Crippen molar-refractivity contribution in [2.24, 2.45) is 5.92 Å². The summed E-state index contributed by atoms with van der Waals surface area (Å²) in [5.41, 5.74) is 3.91. The molecule has 0 heterocycles. The zero-order valence-corrected chi connectivity index (χ0v) is 11.9. The van der Waals surface area contributed by atoms with Crippen LogP contribution in [-0.4, -0.2) is 18.2 Å². The predicted molar refractivity (Wildman–Crippen MR) is 74.8 cm³/mol. The van der Waals surface area contributed by atoms with Gasteiger partial charge in [0.1, 0.15) is 5.75 Å². The molecule has 1 aliphatic carbocycles. The Balaban J connectivity index is 2.18. The summed E-state index contributed by atoms with van der Waals surface area (Å²) in [6, 6.07) is 4.15. The molecule has 1 aromatic carbocycles. The number of benzene rings is 1. The lowest BCUT2D eigenvalue weighted by Crippen LogP contribution is -2.21. The molecule has 3 nitrogen and oxygen atoms in total. The van der Waals surface area contributed by atoms with Gasteiger partial charge in [0.05, 0.1) is 13.0 Å². The van der Waals surface area contributed by atoms with Crippen molar-refractivity contribution in [2.75, 3.05) is 7.11 Å². The van der Waals surface area contributed by atoms with Crippen LogP contribution >= 0.6 is 0 Å². The van der Waals surface area contributed by atoms with Gasteiger partial charge < -0.3 is 9.84 Å². The molecule has 3 heteroatoms. The number of rotatable bonds is 3. The lowest BCUT2D eigenvalue weighted by molar-refractivity contribution is -0.142. The number of carboxylic acid groups (broad SMARTS) is 1. The van der Waals surface area contributed by atoms with Gasteiger partial charge in [-0.3, -0.25) is 4.79 Å². The van der Waals surface area contributed by atoms with E-state index in [0.29, 0.717) is 5.92 Å². The van der Waals surface area contributed by atoms with Gasteiger partial charge in [0, 0.05) is 0 Å². The molecule has 1 aliphatic rings. The molecule has 0 saturated heterocycles. The second-order valence-corrected chi connectivity index (χ2v) is 5.56. The van der Waals surface area contributed by atoms with Gasteiger partial charge in [-0.05, 0) is 74.3 Å². The van der Waals surface area contributed by atoms with E-state index in [1.165, 1.54) is 16.7 Å². The van der Waals surface area contributed by atoms with E-state index in [2.05, 4.69) is 26.0 Å². The van der Waals surface area contributed by atoms with Gasteiger partial charge in [0.15, 0.2) is 0 Å². The average Bonchev–Trinajstić information content (AvgIpc) is 2.38. The fourth-order valence-corrected chi connectivity index (χ4v) is 3.33. The van der Waals surface area contributed by atoms with Crippen LogP contribution < -0.4 is 4.74 Å². The first-order valence-corrected chi connectivity index (χ1v) is 6.91. The molecule has 1 saturated carbocycles. The predicted octanol–water partition coefficient (Wildman–Crippen LogP) is 3.67. The van der Waals surface area contributed by atoms with E-state index in [0.717, 1.165) is 31.4 Å². The molecule has 0 aromatic heterocycles. The van der Waals surface area contributed by atoms with Crippen molar-refractivity contribution in [3.05, 3.63) is 28.8 Å². The molecule has 0 aliphatic heterocycles. The minimum atomic E-state index is -0.637. The molecule has 0 unspecified atom stereocenters. The molecule has 1 N–H and O–H groups in total. The van der Waals surface area contributed by atoms with E-state index < -0.39 is 5.97 Å². The third-order valence-electron chi connectivity index (χ3n) is 4.29. The normalized spacial score (nSPS) is 23.1. The lowest BCUT2D eigenvalue weighted by Gasteiger charge is -2.29. The monoisotopic (exact) mass is 262 g/mol. The van der Waals surface area contributed by atoms with Gasteiger partial charge in [0.2, 0.25) is 0 Å². The molecule has 2 rings (SSSR count). The zero-order valence-electron chi connectivity index (χ0n) is 11.9. The molecule has 19 heavy (non-hydrogen) atoms. The first-order chi connectivity index (χ1) is 9.02. The Morgan fingerprint density at radius 3 is 2.11 bits per heavy atom. The highest BCUT2D eigenvalue weighted by molar-refractivity contribution is 5.70. The molecule has 0 radical (unpaired) electrons. The number of ether oxygens (including phenoxy) is 1. The second kappa shape index (κ2) is 5.64. The third kappa shape index (κ3) is 2.91. The first kappa shape index (κ1) is 13.9. The highest BCUT2D eigenvalue weighted by Gasteiger charge is 2.28. The Morgan fingerprint density at radius 1 is 1.16 bits per heavy atom. The number of hydrogen-bond donors (Lipinski definition) is 1. The number of aliphatic carboxylic acids is 1. The van der Waals surface area contributed by atoms with Crippen LogP contribution in [-0.2, 0) is 4.79 Å². The summed E-state index contributed by atoms with van der Waals surface area (Å²) in [7, 11) is 1.69. The van der Waals surface area contributed by atoms with Crippen LogP contribution in [0.3, 0.4) is 0 Å². The fourth-order valence-electron chi connectivity index (χ4n) is 3.33. The minimum Gasteiger partial charge on any atom is -0.497 e. The zero-order chi connectivity index (χ0) is 14.0. The topological polar surface area (TPSA) is 46.5 Å². The minimum absolute atomic E-state index is 0.143. The molecular formula is C16H22O3. The second-order valence-electron chi connectivity index (χ2n) is 5.56. The summed E-state index contributed by atoms with van der Waals surface area (Å²) in [4.78, 5) is 11.0. The maximum atomic E-state index is 11.0. The molecule has 1 fully saturated rings. The van der Waals surface area contributed by atoms with E-state index in [1.54, 1.807) is 7.11 Å². The van der Waals surface area contributed by atoms with Crippen molar-refractivity contribution < 1.29 is 14.6 Å². The van der Waals surface area contributed by atoms with Crippen LogP contribution in [0.25, 0.3) is 0 Å². The largest absolute Gasteiger partial charge is 0.497 e. The van der Waals surface area contributed by atoms with Crippen LogP contribution in [0, 0.1) is 19.8 Å². The van der Waals surface area contributed by atoms with Gasteiger partial charge in [-0.1, -0.05) is 0 Å². The van der Waals surface area contributed by atoms with Gasteiger partial charge in [-0.2, -0.15) is 0 Å². The highest BCUT2D eigenvalue weighted by atomic mass is 16.5. The summed E-state index contributed by atoms with van der Waals surface area (Å²) < 4.78 is 5.29. The molecule has 0 amide bonds. The van der Waals surface area contributed by atoms with Crippen molar-refractivity contribution in [3.63, 3.8) is 0 Å². The van der Waals surface area contributed by atoms with Gasteiger partial charge in [-0.15, -0.1) is 0 Å². The fraction of sp³-hybridized carbons (Fsp3) is 0.562. The molecule has 0 bridgehead atoms. The number of aryl methyl sites for hydroxylation is 2. The quantitative estimate of drug-likeness (QED) is 0.904. The Morgan fingerprint density at radius 2 is 1.68 bits per heavy atom. The van der Waals surface area contributed by atoms with E-state index in [-0.39, 0.29) is 5.92 Å². The summed E-state index contributed by atoms with van der Waals surface area (Å²) >= 11 is 0. The molecule has 1 aromatic rings. The Kier molecular flexibility index (Phi) is 4.13. The van der Waals surface area contributed by atoms with E-state index in [1.807, 2.05) is 0 Å². The van der Waals surface area contributed by atoms with E-state index in [4.69, 9.17) is 9.84 Å². The molecule has 0 atom stereocenters. The van der Waals surface area contributed by atoms with Crippen LogP contribution in [0.4, 0.5) is 0 Å². The number of methoxy groups -OCH3 is 1. The van der Waals surface area contributed by atoms with Crippen LogP contribution in [0.2, 0.25) is 0 Å². The standard InChI is InChI=1S/C16H22O3/c1-10-8-14(19-3)9-11(2)15(10)12-4-6-13(7-5-12)16(17)18/h8-9,12-13H,4-7H2,1-3H3,(H,17,18). The first-order valence-electron chi connectivity index (χ1n) is 6.91. The maximum absolute atomic E-state index is 11.0. The van der Waals surface area contributed by atoms with Crippen molar-refractivity contribution in [1.82, 2.24) is 0 Å². The highest BCUT2D eigenvalue weighted by Crippen LogP contribution is 2.39. The Hall–Kier alpha value is -1.51. The van der Waals surface area contributed by atoms with Crippen molar-refractivity contribution in [2.45, 2.75) is 45.4 Å². The smallest absolute Gasteiger partial charge is 0.306 e. The van der Waals surface area contributed by atoms with Crippen LogP contribution in [0.1, 0.15) is 48.3 Å². The molecule has 0 spiro atoms. The van der Waals surface area contributed by atoms with Gasteiger partial charge in [0.25, 0.3) is 0 Å². The molecule has 104 valence electrons. The van der Waals surface area contributed by atoms with Crippen LogP contribution in [0.15, 0.2) is 12.1 Å². The van der Waals surface area contributed by atoms with Gasteiger partial charge in [-0.25, -0.2) is 0 Å². The summed E-state index contributed by atoms with van der Waals surface area (Å²) in [6.45, 7) is 4.24. The van der Waals surface area contributed by atoms with Gasteiger partial charge >= 0.3 is 5.97 Å². The van der Waals surface area contributed by atoms with E-state index in [9.17, 15) is 4.79 Å². The summed E-state index contributed by atoms with van der Waals surface area (Å²) in [6.07, 6.45) is 3.55. The maximum Gasteiger partial charge on any atom is 0.306 e. The molecular weight excluding hydrogens is 240 g/mol. The Labute approximate surface area is 114 Å². The van der Waals surface area contributed by atoms with E-state index >= 15 is 0 Å². The SMILES string of the molecule is COc1cc(C)c(C2CCC(C(=O)O)CC2)c(C)c1. The third-order valence-corrected chi connectivity index (χ3v) is 4.29. The number of hydrogen-bond acceptors (Lipinski definition) is 2. The van der Waals surface area contributed by atoms with Crippen LogP contribution in [0.5, 0.6) is 5.75 Å². The Bertz CT molecular complexity index is 448. The summed E-state index contributed by atoms with van der Waals surface area (Å²) in [5.74, 6) is 0.621. The number of carboxylic acids is 1. The average molecular weight is 262 g/mol. The van der Waals surface area contributed by atoms with Crippen molar-refractivity contribution in [3.8, 4) is 5.75 Å². The van der Waals surface area contributed by atoms with Crippen molar-refractivity contribution >= 4 is 5.97 Å². The lowest BCUT2D eigenvalue weighted by atomic mass is 9.76.